The number of nitrogens with one attached hydrogen (secondary N) is 2. The van der Waals surface area contributed by atoms with Gasteiger partial charge in [-0.2, -0.15) is 0 Å². The van der Waals surface area contributed by atoms with Crippen LogP contribution >= 0.6 is 11.8 Å². The minimum atomic E-state index is -0.409. The number of allylic oxidation sites excluding steroid dienone is 2. The maximum atomic E-state index is 13.3. The van der Waals surface area contributed by atoms with Crippen molar-refractivity contribution >= 4 is 29.1 Å². The molecule has 1 aliphatic carbocycles. The predicted molar refractivity (Wildman–Crippen MR) is 123 cm³/mol. The van der Waals surface area contributed by atoms with Gasteiger partial charge in [0.1, 0.15) is 5.82 Å². The van der Waals surface area contributed by atoms with Crippen molar-refractivity contribution in [3.05, 3.63) is 57.0 Å². The van der Waals surface area contributed by atoms with Gasteiger partial charge >= 0.3 is 0 Å². The summed E-state index contributed by atoms with van der Waals surface area (Å²) in [5.74, 6) is 1.08. The van der Waals surface area contributed by atoms with E-state index < -0.39 is 5.92 Å². The molecule has 0 bridgehead atoms. The first kappa shape index (κ1) is 20.7. The average molecular weight is 425 g/mol. The molecule has 1 aliphatic heterocycles. The molecule has 0 spiro atoms. The number of fused-ring (bicyclic) bond motifs is 1. The summed E-state index contributed by atoms with van der Waals surface area (Å²) in [6.07, 6.45) is 1.23. The third-order valence-electron chi connectivity index (χ3n) is 5.72. The Labute approximate surface area is 181 Å². The van der Waals surface area contributed by atoms with Gasteiger partial charge in [0.05, 0.1) is 5.56 Å². The van der Waals surface area contributed by atoms with Gasteiger partial charge in [0.25, 0.3) is 5.56 Å². The second-order valence-corrected chi connectivity index (χ2v) is 10.2. The van der Waals surface area contributed by atoms with Gasteiger partial charge in [-0.25, -0.2) is 4.98 Å². The molecule has 0 saturated carbocycles. The Morgan fingerprint density at radius 2 is 1.87 bits per heavy atom. The Kier molecular flexibility index (Phi) is 5.26. The van der Waals surface area contributed by atoms with Gasteiger partial charge in [0.15, 0.2) is 10.9 Å². The monoisotopic (exact) mass is 424 g/mol. The molecule has 2 heterocycles. The van der Waals surface area contributed by atoms with Crippen molar-refractivity contribution in [2.24, 2.45) is 5.41 Å². The zero-order valence-electron chi connectivity index (χ0n) is 18.1. The van der Waals surface area contributed by atoms with Crippen LogP contribution in [0.3, 0.4) is 0 Å². The lowest BCUT2D eigenvalue weighted by Gasteiger charge is -2.38. The molecule has 6 nitrogen and oxygen atoms in total. The van der Waals surface area contributed by atoms with Gasteiger partial charge in [-0.15, -0.1) is 0 Å². The van der Waals surface area contributed by atoms with Gasteiger partial charge in [-0.05, 0) is 35.3 Å². The van der Waals surface area contributed by atoms with E-state index in [0.717, 1.165) is 29.1 Å². The number of ketones is 1. The molecule has 1 atom stereocenters. The fraction of sp³-hybridized carbons (Fsp3) is 0.435. The summed E-state index contributed by atoms with van der Waals surface area (Å²) < 4.78 is 0. The van der Waals surface area contributed by atoms with Crippen molar-refractivity contribution in [1.82, 2.24) is 9.97 Å². The summed E-state index contributed by atoms with van der Waals surface area (Å²) in [6.45, 7) is 6.24. The molecule has 4 rings (SSSR count). The number of hydrogen-bond donors (Lipinski definition) is 2. The molecular weight excluding hydrogens is 396 g/mol. The van der Waals surface area contributed by atoms with E-state index in [0.29, 0.717) is 28.5 Å². The molecule has 158 valence electrons. The molecule has 30 heavy (non-hydrogen) atoms. The van der Waals surface area contributed by atoms with Crippen molar-refractivity contribution in [2.75, 3.05) is 30.1 Å². The number of aromatic amines is 1. The standard InChI is InChI=1S/C23H28N4O2S/c1-6-30-22-25-20-19(21(29)26-22)17(13-7-9-14(10-8-13)27(4)5)18-15(24-20)11-23(2,3)12-16(18)28/h7-10,17H,6,11-12H2,1-5H3,(H2,24,25,26,29). The number of aromatic nitrogens is 2. The van der Waals surface area contributed by atoms with Crippen LogP contribution in [0.4, 0.5) is 11.5 Å². The number of nitrogens with zero attached hydrogens (tertiary/aromatic N) is 2. The average Bonchev–Trinajstić information content (AvgIpc) is 2.65. The minimum absolute atomic E-state index is 0.104. The van der Waals surface area contributed by atoms with Crippen LogP contribution in [0.1, 0.15) is 50.7 Å². The third-order valence-corrected chi connectivity index (χ3v) is 6.48. The summed E-state index contributed by atoms with van der Waals surface area (Å²) >= 11 is 1.50. The van der Waals surface area contributed by atoms with E-state index in [4.69, 9.17) is 4.98 Å². The first-order valence-corrected chi connectivity index (χ1v) is 11.3. The number of anilines is 2. The van der Waals surface area contributed by atoms with Crippen molar-refractivity contribution in [3.8, 4) is 0 Å². The summed E-state index contributed by atoms with van der Waals surface area (Å²) in [4.78, 5) is 36.0. The third kappa shape index (κ3) is 3.67. The Balaban J connectivity index is 1.92. The zero-order chi connectivity index (χ0) is 21.6. The highest BCUT2D eigenvalue weighted by molar-refractivity contribution is 7.99. The van der Waals surface area contributed by atoms with Gasteiger partial charge < -0.3 is 15.2 Å². The van der Waals surface area contributed by atoms with Crippen LogP contribution in [-0.4, -0.2) is 35.6 Å². The maximum Gasteiger partial charge on any atom is 0.257 e. The van der Waals surface area contributed by atoms with Gasteiger partial charge in [-0.3, -0.25) is 9.59 Å². The highest BCUT2D eigenvalue weighted by Crippen LogP contribution is 2.47. The van der Waals surface area contributed by atoms with Crippen LogP contribution in [0.15, 0.2) is 45.5 Å². The highest BCUT2D eigenvalue weighted by Gasteiger charge is 2.42. The first-order chi connectivity index (χ1) is 14.2. The number of H-pyrrole nitrogens is 1. The van der Waals surface area contributed by atoms with Crippen LogP contribution in [-0.2, 0) is 4.79 Å². The number of carbonyl (C=O) groups is 1. The molecule has 1 aromatic carbocycles. The molecule has 7 heteroatoms. The van der Waals surface area contributed by atoms with Crippen molar-refractivity contribution < 1.29 is 4.79 Å². The van der Waals surface area contributed by atoms with Gasteiger partial charge in [0.2, 0.25) is 0 Å². The number of benzene rings is 1. The van der Waals surface area contributed by atoms with Crippen LogP contribution < -0.4 is 15.8 Å². The largest absolute Gasteiger partial charge is 0.378 e. The molecule has 2 N–H and O–H groups in total. The summed E-state index contributed by atoms with van der Waals surface area (Å²) in [6, 6.07) is 8.08. The number of carbonyl (C=O) groups excluding carboxylic acids is 1. The van der Waals surface area contributed by atoms with Gasteiger partial charge in [-0.1, -0.05) is 44.7 Å². The van der Waals surface area contributed by atoms with E-state index in [-0.39, 0.29) is 16.8 Å². The molecule has 0 saturated heterocycles. The fourth-order valence-electron chi connectivity index (χ4n) is 4.40. The van der Waals surface area contributed by atoms with Crippen LogP contribution in [0.5, 0.6) is 0 Å². The lowest BCUT2D eigenvalue weighted by atomic mass is 9.69. The number of rotatable bonds is 4. The maximum absolute atomic E-state index is 13.3. The molecular formula is C23H28N4O2S. The summed E-state index contributed by atoms with van der Waals surface area (Å²) in [7, 11) is 3.98. The van der Waals surface area contributed by atoms with E-state index in [1.165, 1.54) is 11.8 Å². The molecule has 2 aromatic rings. The molecule has 0 amide bonds. The fourth-order valence-corrected chi connectivity index (χ4v) is 4.99. The van der Waals surface area contributed by atoms with Crippen molar-refractivity contribution in [1.29, 1.82) is 0 Å². The SMILES string of the molecule is CCSc1nc2c(c(=O)[nH]1)C(c1ccc(N(C)C)cc1)C1=C(CC(C)(C)CC1=O)N2. The molecule has 1 unspecified atom stereocenters. The topological polar surface area (TPSA) is 78.1 Å². The predicted octanol–water partition coefficient (Wildman–Crippen LogP) is 4.15. The Bertz CT molecular complexity index is 1080. The second-order valence-electron chi connectivity index (χ2n) is 8.94. The Hall–Kier alpha value is -2.54. The van der Waals surface area contributed by atoms with E-state index in [9.17, 15) is 9.59 Å². The lowest BCUT2D eigenvalue weighted by molar-refractivity contribution is -0.118. The molecule has 0 fully saturated rings. The highest BCUT2D eigenvalue weighted by atomic mass is 32.2. The van der Waals surface area contributed by atoms with Crippen molar-refractivity contribution in [3.63, 3.8) is 0 Å². The second kappa shape index (κ2) is 7.61. The van der Waals surface area contributed by atoms with E-state index in [1.807, 2.05) is 50.2 Å². The van der Waals surface area contributed by atoms with Gasteiger partial charge in [0, 0.05) is 43.4 Å². The number of thioether (sulfide) groups is 1. The van der Waals surface area contributed by atoms with Crippen LogP contribution in [0.2, 0.25) is 0 Å². The Morgan fingerprint density at radius 1 is 1.17 bits per heavy atom. The smallest absolute Gasteiger partial charge is 0.257 e. The van der Waals surface area contributed by atoms with E-state index in [2.05, 4.69) is 24.1 Å². The summed E-state index contributed by atoms with van der Waals surface area (Å²) in [5.41, 5.74) is 3.84. The number of hydrogen-bond acceptors (Lipinski definition) is 6. The van der Waals surface area contributed by atoms with E-state index >= 15 is 0 Å². The number of Topliss-reactive ketones (excluding diaryl/α,β-unsaturated/α-hetero) is 1. The quantitative estimate of drug-likeness (QED) is 0.567. The molecule has 2 aliphatic rings. The van der Waals surface area contributed by atoms with Crippen molar-refractivity contribution in [2.45, 2.75) is 44.7 Å². The lowest BCUT2D eigenvalue weighted by Crippen LogP contribution is -2.37. The minimum Gasteiger partial charge on any atom is -0.378 e. The molecule has 1 aromatic heterocycles. The first-order valence-electron chi connectivity index (χ1n) is 10.3. The molecule has 0 radical (unpaired) electrons. The van der Waals surface area contributed by atoms with Crippen LogP contribution in [0, 0.1) is 5.41 Å². The normalized spacial score (nSPS) is 19.8. The Morgan fingerprint density at radius 3 is 2.50 bits per heavy atom. The summed E-state index contributed by atoms with van der Waals surface area (Å²) in [5, 5.41) is 3.96. The van der Waals surface area contributed by atoms with Crippen LogP contribution in [0.25, 0.3) is 0 Å². The van der Waals surface area contributed by atoms with E-state index in [1.54, 1.807) is 0 Å². The zero-order valence-corrected chi connectivity index (χ0v) is 18.9.